The van der Waals surface area contributed by atoms with Gasteiger partial charge in [0.1, 0.15) is 11.3 Å². The van der Waals surface area contributed by atoms with E-state index in [0.29, 0.717) is 5.88 Å². The molecule has 5 heteroatoms. The maximum absolute atomic E-state index is 4.94. The van der Waals surface area contributed by atoms with Crippen molar-refractivity contribution in [2.75, 3.05) is 7.11 Å². The van der Waals surface area contributed by atoms with E-state index in [4.69, 9.17) is 4.74 Å². The molecular formula is C7H6N2O2S. The average molecular weight is 182 g/mol. The fourth-order valence-electron chi connectivity index (χ4n) is 0.796. The van der Waals surface area contributed by atoms with E-state index in [-0.39, 0.29) is 0 Å². The molecule has 4 nitrogen and oxygen atoms in total. The second-order valence-electron chi connectivity index (χ2n) is 2.11. The fraction of sp³-hybridized carbons (Fsp3) is 0.143. The second kappa shape index (κ2) is 2.94. The molecule has 0 aliphatic heterocycles. The third-order valence-electron chi connectivity index (χ3n) is 1.37. The first-order valence-corrected chi connectivity index (χ1v) is 4.17. The molecular weight excluding hydrogens is 176 g/mol. The molecule has 2 rings (SSSR count). The Morgan fingerprint density at radius 1 is 1.58 bits per heavy atom. The number of nitrogens with zero attached hydrogens (tertiary/aromatic N) is 2. The number of hydrogen-bond donors (Lipinski definition) is 0. The maximum Gasteiger partial charge on any atom is 0.224 e. The molecule has 0 bridgehead atoms. The SMILES string of the molecule is COc1csc(-c2cnoc2)n1. The van der Waals surface area contributed by atoms with E-state index >= 15 is 0 Å². The van der Waals surface area contributed by atoms with Crippen LogP contribution in [-0.2, 0) is 0 Å². The zero-order valence-electron chi connectivity index (χ0n) is 6.35. The summed E-state index contributed by atoms with van der Waals surface area (Å²) in [5.41, 5.74) is 0.878. The minimum atomic E-state index is 0.621. The molecule has 2 aromatic heterocycles. The summed E-state index contributed by atoms with van der Waals surface area (Å²) < 4.78 is 9.63. The zero-order valence-corrected chi connectivity index (χ0v) is 7.17. The van der Waals surface area contributed by atoms with Crippen LogP contribution >= 0.6 is 11.3 Å². The van der Waals surface area contributed by atoms with E-state index in [1.165, 1.54) is 11.3 Å². The summed E-state index contributed by atoms with van der Waals surface area (Å²) in [6, 6.07) is 0. The summed E-state index contributed by atoms with van der Waals surface area (Å²) in [5.74, 6) is 0.621. The Morgan fingerprint density at radius 2 is 2.50 bits per heavy atom. The van der Waals surface area contributed by atoms with E-state index in [1.807, 2.05) is 5.38 Å². The molecule has 0 radical (unpaired) electrons. The summed E-state index contributed by atoms with van der Waals surface area (Å²) in [6.07, 6.45) is 3.18. The smallest absolute Gasteiger partial charge is 0.224 e. The summed E-state index contributed by atoms with van der Waals surface area (Å²) in [6.45, 7) is 0. The first-order chi connectivity index (χ1) is 5.90. The highest BCUT2D eigenvalue weighted by molar-refractivity contribution is 7.13. The van der Waals surface area contributed by atoms with Gasteiger partial charge in [0, 0.05) is 0 Å². The summed E-state index contributed by atoms with van der Waals surface area (Å²) in [5, 5.41) is 6.27. The first kappa shape index (κ1) is 7.30. The molecule has 0 amide bonds. The highest BCUT2D eigenvalue weighted by Crippen LogP contribution is 2.25. The molecule has 0 atom stereocenters. The van der Waals surface area contributed by atoms with Gasteiger partial charge in [-0.3, -0.25) is 0 Å². The van der Waals surface area contributed by atoms with Crippen molar-refractivity contribution in [3.63, 3.8) is 0 Å². The number of ether oxygens (including phenoxy) is 1. The highest BCUT2D eigenvalue weighted by atomic mass is 32.1. The van der Waals surface area contributed by atoms with Gasteiger partial charge >= 0.3 is 0 Å². The lowest BCUT2D eigenvalue weighted by atomic mass is 10.4. The normalized spacial score (nSPS) is 10.1. The quantitative estimate of drug-likeness (QED) is 0.710. The summed E-state index contributed by atoms with van der Waals surface area (Å²) >= 11 is 1.50. The van der Waals surface area contributed by atoms with Gasteiger partial charge in [0.05, 0.1) is 24.3 Å². The van der Waals surface area contributed by atoms with Gasteiger partial charge in [-0.15, -0.1) is 11.3 Å². The predicted molar refractivity (Wildman–Crippen MR) is 44.2 cm³/mol. The lowest BCUT2D eigenvalue weighted by molar-refractivity contribution is 0.401. The van der Waals surface area contributed by atoms with Crippen LogP contribution in [0.1, 0.15) is 0 Å². The van der Waals surface area contributed by atoms with Gasteiger partial charge in [-0.05, 0) is 0 Å². The molecule has 0 fully saturated rings. The van der Waals surface area contributed by atoms with Gasteiger partial charge < -0.3 is 9.26 Å². The van der Waals surface area contributed by atoms with E-state index < -0.39 is 0 Å². The largest absolute Gasteiger partial charge is 0.480 e. The van der Waals surface area contributed by atoms with Crippen molar-refractivity contribution in [3.05, 3.63) is 17.8 Å². The van der Waals surface area contributed by atoms with Gasteiger partial charge in [-0.25, -0.2) is 4.98 Å². The fourth-order valence-corrected chi connectivity index (χ4v) is 1.54. The number of methoxy groups -OCH3 is 1. The first-order valence-electron chi connectivity index (χ1n) is 3.29. The molecule has 0 unspecified atom stereocenters. The Kier molecular flexibility index (Phi) is 1.79. The van der Waals surface area contributed by atoms with E-state index in [0.717, 1.165) is 10.6 Å². The van der Waals surface area contributed by atoms with E-state index in [9.17, 15) is 0 Å². The van der Waals surface area contributed by atoms with Crippen molar-refractivity contribution in [1.82, 2.24) is 10.1 Å². The number of rotatable bonds is 2. The molecule has 2 heterocycles. The number of hydrogen-bond acceptors (Lipinski definition) is 5. The van der Waals surface area contributed by atoms with Crippen molar-refractivity contribution >= 4 is 11.3 Å². The molecule has 2 aromatic rings. The van der Waals surface area contributed by atoms with Gasteiger partial charge in [0.15, 0.2) is 0 Å². The summed E-state index contributed by atoms with van der Waals surface area (Å²) in [4.78, 5) is 4.17. The molecule has 0 aliphatic rings. The van der Waals surface area contributed by atoms with Crippen molar-refractivity contribution in [2.24, 2.45) is 0 Å². The van der Waals surface area contributed by atoms with Crippen LogP contribution in [0.4, 0.5) is 0 Å². The molecule has 0 spiro atoms. The van der Waals surface area contributed by atoms with Crippen LogP contribution in [0.25, 0.3) is 10.6 Å². The van der Waals surface area contributed by atoms with Crippen LogP contribution in [0.2, 0.25) is 0 Å². The molecule has 0 N–H and O–H groups in total. The van der Waals surface area contributed by atoms with Crippen LogP contribution < -0.4 is 4.74 Å². The Balaban J connectivity index is 2.35. The maximum atomic E-state index is 4.94. The second-order valence-corrected chi connectivity index (χ2v) is 2.97. The monoisotopic (exact) mass is 182 g/mol. The van der Waals surface area contributed by atoms with Crippen LogP contribution in [0.3, 0.4) is 0 Å². The van der Waals surface area contributed by atoms with Crippen LogP contribution in [0.15, 0.2) is 22.4 Å². The van der Waals surface area contributed by atoms with Gasteiger partial charge in [0.25, 0.3) is 0 Å². The lowest BCUT2D eigenvalue weighted by Gasteiger charge is -1.87. The number of thiazole rings is 1. The van der Waals surface area contributed by atoms with Crippen LogP contribution in [0, 0.1) is 0 Å². The van der Waals surface area contributed by atoms with Crippen molar-refractivity contribution < 1.29 is 9.26 Å². The Morgan fingerprint density at radius 3 is 3.08 bits per heavy atom. The Bertz CT molecular complexity index is 355. The van der Waals surface area contributed by atoms with Gasteiger partial charge in [-0.2, -0.15) is 0 Å². The van der Waals surface area contributed by atoms with Crippen LogP contribution in [-0.4, -0.2) is 17.3 Å². The summed E-state index contributed by atoms with van der Waals surface area (Å²) in [7, 11) is 1.59. The molecule has 0 aliphatic carbocycles. The topological polar surface area (TPSA) is 48.2 Å². The van der Waals surface area contributed by atoms with E-state index in [1.54, 1.807) is 19.6 Å². The molecule has 0 saturated heterocycles. The minimum Gasteiger partial charge on any atom is -0.480 e. The highest BCUT2D eigenvalue weighted by Gasteiger charge is 2.05. The molecule has 62 valence electrons. The van der Waals surface area contributed by atoms with E-state index in [2.05, 4.69) is 14.7 Å². The molecule has 0 saturated carbocycles. The Hall–Kier alpha value is -1.36. The number of aromatic nitrogens is 2. The van der Waals surface area contributed by atoms with Gasteiger partial charge in [0.2, 0.25) is 5.88 Å². The zero-order chi connectivity index (χ0) is 8.39. The van der Waals surface area contributed by atoms with Crippen LogP contribution in [0.5, 0.6) is 5.88 Å². The molecule has 0 aromatic carbocycles. The van der Waals surface area contributed by atoms with Gasteiger partial charge in [-0.1, -0.05) is 5.16 Å². The Labute approximate surface area is 72.8 Å². The standard InChI is InChI=1S/C7H6N2O2S/c1-10-6-4-12-7(9-6)5-2-8-11-3-5/h2-4H,1H3. The molecule has 12 heavy (non-hydrogen) atoms. The average Bonchev–Trinajstić information content (AvgIpc) is 2.75. The predicted octanol–water partition coefficient (Wildman–Crippen LogP) is 1.81. The lowest BCUT2D eigenvalue weighted by Crippen LogP contribution is -1.80. The third-order valence-corrected chi connectivity index (χ3v) is 2.24. The third kappa shape index (κ3) is 1.18. The van der Waals surface area contributed by atoms with Crippen molar-refractivity contribution in [3.8, 4) is 16.5 Å². The van der Waals surface area contributed by atoms with Crippen molar-refractivity contribution in [2.45, 2.75) is 0 Å². The van der Waals surface area contributed by atoms with Crippen molar-refractivity contribution in [1.29, 1.82) is 0 Å². The minimum absolute atomic E-state index is 0.621.